The van der Waals surface area contributed by atoms with Crippen LogP contribution in [0, 0.1) is 0 Å². The van der Waals surface area contributed by atoms with Crippen LogP contribution < -0.4 is 5.32 Å². The third-order valence-electron chi connectivity index (χ3n) is 5.30. The predicted octanol–water partition coefficient (Wildman–Crippen LogP) is 4.44. The lowest BCUT2D eigenvalue weighted by atomic mass is 10.1. The van der Waals surface area contributed by atoms with Crippen molar-refractivity contribution in [2.45, 2.75) is 0 Å². The lowest BCUT2D eigenvalue weighted by molar-refractivity contribution is -0.113. The molecule has 7 nitrogen and oxygen atoms in total. The zero-order chi connectivity index (χ0) is 22.8. The summed E-state index contributed by atoms with van der Waals surface area (Å²) in [7, 11) is 0. The summed E-state index contributed by atoms with van der Waals surface area (Å²) >= 11 is 7.58. The van der Waals surface area contributed by atoms with E-state index in [1.165, 1.54) is 11.8 Å². The number of nitrogens with one attached hydrogen (secondary N) is 1. The Labute approximate surface area is 199 Å². The minimum atomic E-state index is -0.328. The second-order valence-corrected chi connectivity index (χ2v) is 8.95. The van der Waals surface area contributed by atoms with E-state index in [9.17, 15) is 9.59 Å². The van der Waals surface area contributed by atoms with Crippen LogP contribution in [0.3, 0.4) is 0 Å². The number of pyridine rings is 1. The van der Waals surface area contributed by atoms with E-state index in [-0.39, 0.29) is 11.8 Å². The molecule has 0 saturated carbocycles. The van der Waals surface area contributed by atoms with Crippen LogP contribution in [0.4, 0.5) is 5.69 Å². The molecule has 0 aliphatic carbocycles. The standard InChI is InChI=1S/C24H19ClN4O3S/c25-18-5-4-17(23(31)29-8-10-32-11-9-29)14-20(18)27-24-28-22(30)21(33-24)13-15-3-6-19-16(12-15)2-1-7-26-19/h1-7,12-14H,8-11H2,(H,27,28,30). The predicted molar refractivity (Wildman–Crippen MR) is 132 cm³/mol. The Bertz CT molecular complexity index is 1320. The maximum atomic E-state index is 12.8. The Morgan fingerprint density at radius 3 is 2.85 bits per heavy atom. The van der Waals surface area contributed by atoms with Gasteiger partial charge in [-0.2, -0.15) is 4.99 Å². The molecule has 2 aromatic carbocycles. The lowest BCUT2D eigenvalue weighted by Crippen LogP contribution is -2.40. The fraction of sp³-hybridized carbons (Fsp3) is 0.167. The van der Waals surface area contributed by atoms with Gasteiger partial charge in [-0.05, 0) is 59.8 Å². The van der Waals surface area contributed by atoms with Crippen LogP contribution in [0.15, 0.2) is 64.6 Å². The summed E-state index contributed by atoms with van der Waals surface area (Å²) in [6.07, 6.45) is 3.55. The van der Waals surface area contributed by atoms with Crippen LogP contribution in [0.5, 0.6) is 0 Å². The maximum Gasteiger partial charge on any atom is 0.286 e. The van der Waals surface area contributed by atoms with E-state index < -0.39 is 0 Å². The number of carbonyl (C=O) groups excluding carboxylic acids is 2. The van der Waals surface area contributed by atoms with Gasteiger partial charge in [-0.1, -0.05) is 23.7 Å². The molecule has 9 heteroatoms. The van der Waals surface area contributed by atoms with Gasteiger partial charge in [-0.3, -0.25) is 14.6 Å². The van der Waals surface area contributed by atoms with Crippen LogP contribution in [0.2, 0.25) is 5.02 Å². The van der Waals surface area contributed by atoms with Crippen LogP contribution >= 0.6 is 23.4 Å². The molecule has 166 valence electrons. The molecule has 1 fully saturated rings. The van der Waals surface area contributed by atoms with Crippen LogP contribution in [-0.2, 0) is 9.53 Å². The number of hydrogen-bond donors (Lipinski definition) is 1. The zero-order valence-electron chi connectivity index (χ0n) is 17.5. The van der Waals surface area contributed by atoms with Gasteiger partial charge in [0.1, 0.15) is 0 Å². The fourth-order valence-corrected chi connectivity index (χ4v) is 4.61. The first kappa shape index (κ1) is 21.6. The number of nitrogens with zero attached hydrogens (tertiary/aromatic N) is 3. The number of rotatable bonds is 3. The van der Waals surface area contributed by atoms with Crippen molar-refractivity contribution in [3.63, 3.8) is 0 Å². The summed E-state index contributed by atoms with van der Waals surface area (Å²) < 4.78 is 5.31. The van der Waals surface area contributed by atoms with E-state index >= 15 is 0 Å². The molecule has 0 atom stereocenters. The number of carbonyl (C=O) groups is 2. The van der Waals surface area contributed by atoms with Gasteiger partial charge in [0.05, 0.1) is 34.3 Å². The molecule has 0 radical (unpaired) electrons. The van der Waals surface area contributed by atoms with Gasteiger partial charge in [0.25, 0.3) is 11.8 Å². The number of amides is 2. The van der Waals surface area contributed by atoms with Crippen LogP contribution in [-0.4, -0.2) is 53.2 Å². The SMILES string of the molecule is O=C1N=C(Nc2cc(C(=O)N3CCOCC3)ccc2Cl)SC1=Cc1ccc2ncccc2c1. The van der Waals surface area contributed by atoms with E-state index in [2.05, 4.69) is 15.3 Å². The molecular formula is C24H19ClN4O3S. The quantitative estimate of drug-likeness (QED) is 0.560. The Hall–Kier alpha value is -3.20. The molecule has 3 aromatic rings. The van der Waals surface area contributed by atoms with Crippen molar-refractivity contribution in [3.8, 4) is 0 Å². The topological polar surface area (TPSA) is 83.9 Å². The molecule has 33 heavy (non-hydrogen) atoms. The van der Waals surface area contributed by atoms with Crippen molar-refractivity contribution in [1.29, 1.82) is 0 Å². The molecule has 1 aromatic heterocycles. The fourth-order valence-electron chi connectivity index (χ4n) is 3.62. The number of aromatic nitrogens is 1. The molecule has 1 saturated heterocycles. The summed E-state index contributed by atoms with van der Waals surface area (Å²) in [6.45, 7) is 2.17. The van der Waals surface area contributed by atoms with Gasteiger partial charge in [0.15, 0.2) is 5.17 Å². The maximum absolute atomic E-state index is 12.8. The highest BCUT2D eigenvalue weighted by atomic mass is 35.5. The molecule has 0 bridgehead atoms. The number of anilines is 1. The average molecular weight is 479 g/mol. The Kier molecular flexibility index (Phi) is 6.13. The molecule has 0 spiro atoms. The Balaban J connectivity index is 1.32. The summed E-state index contributed by atoms with van der Waals surface area (Å²) in [5.74, 6) is -0.410. The Morgan fingerprint density at radius 2 is 2.00 bits per heavy atom. The summed E-state index contributed by atoms with van der Waals surface area (Å²) in [4.78, 5) is 35.9. The second-order valence-electron chi connectivity index (χ2n) is 7.51. The number of benzene rings is 2. The van der Waals surface area contributed by atoms with Crippen molar-refractivity contribution < 1.29 is 14.3 Å². The smallest absolute Gasteiger partial charge is 0.286 e. The normalized spacial score (nSPS) is 17.5. The van der Waals surface area contributed by atoms with E-state index in [1.807, 2.05) is 30.3 Å². The zero-order valence-corrected chi connectivity index (χ0v) is 19.0. The molecule has 2 aliphatic heterocycles. The summed E-state index contributed by atoms with van der Waals surface area (Å²) in [6, 6.07) is 14.7. The number of hydrogen-bond acceptors (Lipinski definition) is 6. The van der Waals surface area contributed by atoms with Crippen LogP contribution in [0.1, 0.15) is 15.9 Å². The van der Waals surface area contributed by atoms with E-state index in [4.69, 9.17) is 16.3 Å². The lowest BCUT2D eigenvalue weighted by Gasteiger charge is -2.27. The number of ether oxygens (including phenoxy) is 1. The first-order valence-corrected chi connectivity index (χ1v) is 11.6. The van der Waals surface area contributed by atoms with Crippen molar-refractivity contribution in [2.24, 2.45) is 4.99 Å². The highest BCUT2D eigenvalue weighted by Gasteiger charge is 2.24. The van der Waals surface area contributed by atoms with Gasteiger partial charge < -0.3 is 15.0 Å². The monoisotopic (exact) mass is 478 g/mol. The van der Waals surface area contributed by atoms with Gasteiger partial charge in [-0.15, -0.1) is 0 Å². The first-order valence-electron chi connectivity index (χ1n) is 10.4. The Morgan fingerprint density at radius 1 is 1.15 bits per heavy atom. The van der Waals surface area contributed by atoms with Crippen molar-refractivity contribution >= 4 is 63.0 Å². The number of thioether (sulfide) groups is 1. The average Bonchev–Trinajstić information content (AvgIpc) is 3.18. The molecular weight excluding hydrogens is 460 g/mol. The molecule has 3 heterocycles. The number of fused-ring (bicyclic) bond motifs is 1. The van der Waals surface area contributed by atoms with Gasteiger partial charge in [0, 0.05) is 30.2 Å². The highest BCUT2D eigenvalue weighted by Crippen LogP contribution is 2.32. The third-order valence-corrected chi connectivity index (χ3v) is 6.53. The highest BCUT2D eigenvalue weighted by molar-refractivity contribution is 8.18. The second kappa shape index (κ2) is 9.35. The molecule has 2 aliphatic rings. The largest absolute Gasteiger partial charge is 0.378 e. The molecule has 2 amide bonds. The minimum Gasteiger partial charge on any atom is -0.378 e. The van der Waals surface area contributed by atoms with Crippen molar-refractivity contribution in [1.82, 2.24) is 9.88 Å². The van der Waals surface area contributed by atoms with Gasteiger partial charge in [0.2, 0.25) is 0 Å². The van der Waals surface area contributed by atoms with Crippen molar-refractivity contribution in [3.05, 3.63) is 75.8 Å². The third kappa shape index (κ3) is 4.78. The molecule has 5 rings (SSSR count). The first-order chi connectivity index (χ1) is 16.1. The van der Waals surface area contributed by atoms with E-state index in [1.54, 1.807) is 35.4 Å². The number of morpholine rings is 1. The number of halogens is 1. The minimum absolute atomic E-state index is 0.0820. The summed E-state index contributed by atoms with van der Waals surface area (Å²) in [5, 5.41) is 4.94. The van der Waals surface area contributed by atoms with Gasteiger partial charge >= 0.3 is 0 Å². The van der Waals surface area contributed by atoms with Gasteiger partial charge in [-0.25, -0.2) is 0 Å². The number of aliphatic imine (C=N–C) groups is 1. The molecule has 1 N–H and O–H groups in total. The number of amidine groups is 1. The van der Waals surface area contributed by atoms with E-state index in [0.29, 0.717) is 52.6 Å². The molecule has 0 unspecified atom stereocenters. The van der Waals surface area contributed by atoms with E-state index in [0.717, 1.165) is 16.5 Å². The summed E-state index contributed by atoms with van der Waals surface area (Å²) in [5.41, 5.74) is 2.82. The van der Waals surface area contributed by atoms with Crippen LogP contribution in [0.25, 0.3) is 17.0 Å². The van der Waals surface area contributed by atoms with Crippen molar-refractivity contribution in [2.75, 3.05) is 31.6 Å².